The number of thiazole rings is 1. The molecule has 182 valence electrons. The van der Waals surface area contributed by atoms with E-state index in [2.05, 4.69) is 10.2 Å². The van der Waals surface area contributed by atoms with Crippen LogP contribution in [0.3, 0.4) is 0 Å². The molecule has 0 radical (unpaired) electrons. The van der Waals surface area contributed by atoms with E-state index in [0.29, 0.717) is 55.1 Å². The Balaban J connectivity index is 1.92. The first kappa shape index (κ1) is 26.2. The molecule has 1 fully saturated rings. The number of nitrogens with zero attached hydrogens (tertiary/aromatic N) is 3. The van der Waals surface area contributed by atoms with Crippen LogP contribution in [-0.2, 0) is 20.8 Å². The first-order valence-corrected chi connectivity index (χ1v) is 13.2. The maximum absolute atomic E-state index is 13.2. The summed E-state index contributed by atoms with van der Waals surface area (Å²) in [6.07, 6.45) is 4.41. The van der Waals surface area contributed by atoms with Gasteiger partial charge in [-0.25, -0.2) is 0 Å². The number of hydrogen-bond donors (Lipinski definition) is 1. The summed E-state index contributed by atoms with van der Waals surface area (Å²) < 4.78 is 12.8. The van der Waals surface area contributed by atoms with Gasteiger partial charge in [-0.2, -0.15) is 5.26 Å². The Morgan fingerprint density at radius 3 is 2.68 bits per heavy atom. The van der Waals surface area contributed by atoms with Gasteiger partial charge >= 0.3 is 0 Å². The predicted molar refractivity (Wildman–Crippen MR) is 135 cm³/mol. The average molecular weight is 503 g/mol. The number of nitrogens with one attached hydrogen (secondary N) is 1. The number of carbonyl (C=O) groups is 1. The van der Waals surface area contributed by atoms with Crippen molar-refractivity contribution in [1.29, 1.82) is 5.26 Å². The lowest BCUT2D eigenvalue weighted by molar-refractivity contribution is -0.115. The second kappa shape index (κ2) is 13.5. The first-order chi connectivity index (χ1) is 16.6. The number of aromatic nitrogens is 1. The highest BCUT2D eigenvalue weighted by Gasteiger charge is 2.17. The summed E-state index contributed by atoms with van der Waals surface area (Å²) in [6.45, 7) is 4.97. The normalized spacial score (nSPS) is 15.7. The van der Waals surface area contributed by atoms with Crippen LogP contribution in [0.4, 0.5) is 0 Å². The smallest absolute Gasteiger partial charge is 0.269 e. The molecule has 1 aromatic heterocycles. The van der Waals surface area contributed by atoms with Gasteiger partial charge < -0.3 is 14.8 Å². The largest absolute Gasteiger partial charge is 0.385 e. The first-order valence-electron chi connectivity index (χ1n) is 11.1. The van der Waals surface area contributed by atoms with E-state index < -0.39 is 5.91 Å². The van der Waals surface area contributed by atoms with Gasteiger partial charge in [-0.15, -0.1) is 23.1 Å². The Labute approximate surface area is 207 Å². The third kappa shape index (κ3) is 7.04. The van der Waals surface area contributed by atoms with E-state index in [9.17, 15) is 14.9 Å². The number of rotatable bonds is 10. The fourth-order valence-electron chi connectivity index (χ4n) is 3.56. The molecule has 1 aliphatic rings. The molecule has 2 heterocycles. The maximum Gasteiger partial charge on any atom is 0.269 e. The highest BCUT2D eigenvalue weighted by atomic mass is 32.2. The van der Waals surface area contributed by atoms with E-state index in [1.54, 1.807) is 24.9 Å². The zero-order valence-electron chi connectivity index (χ0n) is 19.5. The van der Waals surface area contributed by atoms with Gasteiger partial charge in [0.15, 0.2) is 5.57 Å². The lowest BCUT2D eigenvalue weighted by atomic mass is 10.2. The van der Waals surface area contributed by atoms with Crippen LogP contribution in [-0.4, -0.2) is 74.7 Å². The van der Waals surface area contributed by atoms with Crippen LogP contribution in [0, 0.1) is 11.3 Å². The Morgan fingerprint density at radius 2 is 2.03 bits per heavy atom. The molecular formula is C24H30N4O4S2. The summed E-state index contributed by atoms with van der Waals surface area (Å²) >= 11 is 2.82. The van der Waals surface area contributed by atoms with Crippen molar-refractivity contribution in [2.45, 2.75) is 17.9 Å². The van der Waals surface area contributed by atoms with Gasteiger partial charge in [0.05, 0.1) is 17.7 Å². The third-order valence-corrected chi connectivity index (χ3v) is 7.30. The molecule has 1 amide bonds. The zero-order valence-corrected chi connectivity index (χ0v) is 21.2. The van der Waals surface area contributed by atoms with Crippen LogP contribution in [0.1, 0.15) is 12.0 Å². The lowest BCUT2D eigenvalue weighted by Crippen LogP contribution is -2.42. The second-order valence-electron chi connectivity index (χ2n) is 7.69. The second-order valence-corrected chi connectivity index (χ2v) is 9.60. The molecule has 1 saturated heterocycles. The standard InChI is InChI=1S/C24H30N4O4S2/c1-31-13-3-9-28-23(30)21(16-18-4-6-19(33-2)7-5-18)34-24(28)20(17-25)22(29)26-8-10-27-11-14-32-15-12-27/h4-7,16H,3,8-15H2,1-2H3,(H,26,29)/b21-16+,24-20-. The van der Waals surface area contributed by atoms with Gasteiger partial charge in [0.1, 0.15) is 10.7 Å². The van der Waals surface area contributed by atoms with E-state index in [1.165, 1.54) is 15.9 Å². The van der Waals surface area contributed by atoms with Gasteiger partial charge in [0, 0.05) is 51.3 Å². The van der Waals surface area contributed by atoms with Crippen molar-refractivity contribution in [3.05, 3.63) is 49.4 Å². The number of hydrogen-bond acceptors (Lipinski definition) is 8. The van der Waals surface area contributed by atoms with E-state index in [4.69, 9.17) is 9.47 Å². The Bertz CT molecular complexity index is 1180. The van der Waals surface area contributed by atoms with Gasteiger partial charge in [-0.3, -0.25) is 19.1 Å². The highest BCUT2D eigenvalue weighted by molar-refractivity contribution is 7.98. The maximum atomic E-state index is 13.2. The number of methoxy groups -OCH3 is 1. The molecule has 0 spiro atoms. The van der Waals surface area contributed by atoms with Crippen molar-refractivity contribution < 1.29 is 14.3 Å². The summed E-state index contributed by atoms with van der Waals surface area (Å²) in [5.74, 6) is -0.464. The molecule has 2 aromatic rings. The summed E-state index contributed by atoms with van der Waals surface area (Å²) in [5, 5.41) is 12.7. The molecule has 1 aromatic carbocycles. The van der Waals surface area contributed by atoms with Crippen LogP contribution in [0.2, 0.25) is 0 Å². The molecule has 1 N–H and O–H groups in total. The molecule has 0 atom stereocenters. The van der Waals surface area contributed by atoms with Crippen molar-refractivity contribution in [3.8, 4) is 6.07 Å². The lowest BCUT2D eigenvalue weighted by Gasteiger charge is -2.26. The van der Waals surface area contributed by atoms with E-state index in [0.717, 1.165) is 23.5 Å². The van der Waals surface area contributed by atoms with Crippen molar-refractivity contribution in [1.82, 2.24) is 14.8 Å². The number of amides is 1. The van der Waals surface area contributed by atoms with E-state index in [1.807, 2.05) is 36.6 Å². The monoisotopic (exact) mass is 502 g/mol. The number of ether oxygens (including phenoxy) is 2. The predicted octanol–water partition coefficient (Wildman–Crippen LogP) is 0.620. The molecule has 0 aliphatic carbocycles. The minimum absolute atomic E-state index is 0.0427. The van der Waals surface area contributed by atoms with Gasteiger partial charge in [0.2, 0.25) is 0 Å². The molecule has 8 nitrogen and oxygen atoms in total. The van der Waals surface area contributed by atoms with Crippen molar-refractivity contribution in [2.24, 2.45) is 0 Å². The number of benzene rings is 1. The summed E-state index contributed by atoms with van der Waals surface area (Å²) in [5.41, 5.74) is 0.637. The highest BCUT2D eigenvalue weighted by Crippen LogP contribution is 2.15. The Hall–Kier alpha value is -2.42. The molecule has 3 rings (SSSR count). The van der Waals surface area contributed by atoms with E-state index >= 15 is 0 Å². The summed E-state index contributed by atoms with van der Waals surface area (Å²) in [6, 6.07) is 9.93. The van der Waals surface area contributed by atoms with Crippen molar-refractivity contribution in [2.75, 3.05) is 59.4 Å². The minimum Gasteiger partial charge on any atom is -0.385 e. The fourth-order valence-corrected chi connectivity index (χ4v) is 5.10. The SMILES string of the molecule is COCCCn1c(=O)/c(=C\c2ccc(SC)cc2)s/c1=C(/C#N)C(=O)NCCN1CCOCC1. The molecular weight excluding hydrogens is 472 g/mol. The van der Waals surface area contributed by atoms with Crippen LogP contribution < -0.4 is 20.1 Å². The van der Waals surface area contributed by atoms with Crippen LogP contribution in [0.25, 0.3) is 11.6 Å². The third-order valence-electron chi connectivity index (χ3n) is 5.42. The van der Waals surface area contributed by atoms with Gasteiger partial charge in [-0.05, 0) is 36.4 Å². The summed E-state index contributed by atoms with van der Waals surface area (Å²) in [7, 11) is 1.60. The Morgan fingerprint density at radius 1 is 1.29 bits per heavy atom. The van der Waals surface area contributed by atoms with Crippen molar-refractivity contribution in [3.63, 3.8) is 0 Å². The number of morpholine rings is 1. The molecule has 10 heteroatoms. The van der Waals surface area contributed by atoms with Gasteiger partial charge in [0.25, 0.3) is 11.5 Å². The molecule has 0 saturated carbocycles. The van der Waals surface area contributed by atoms with Crippen LogP contribution in [0.5, 0.6) is 0 Å². The average Bonchev–Trinajstić information content (AvgIpc) is 3.15. The van der Waals surface area contributed by atoms with Gasteiger partial charge in [-0.1, -0.05) is 12.1 Å². The minimum atomic E-state index is -0.464. The van der Waals surface area contributed by atoms with Crippen molar-refractivity contribution >= 4 is 40.7 Å². The Kier molecular flexibility index (Phi) is 10.4. The molecule has 0 bridgehead atoms. The van der Waals surface area contributed by atoms with Crippen LogP contribution >= 0.6 is 23.1 Å². The fraction of sp³-hybridized carbons (Fsp3) is 0.458. The number of carbonyl (C=O) groups excluding carboxylic acids is 1. The topological polar surface area (TPSA) is 96.6 Å². The number of thioether (sulfide) groups is 1. The molecule has 0 unspecified atom stereocenters. The van der Waals surface area contributed by atoms with E-state index in [-0.39, 0.29) is 11.1 Å². The quantitative estimate of drug-likeness (QED) is 0.376. The zero-order chi connectivity index (χ0) is 24.3. The summed E-state index contributed by atoms with van der Waals surface area (Å²) in [4.78, 5) is 29.4. The molecule has 1 aliphatic heterocycles. The number of nitriles is 1. The van der Waals surface area contributed by atoms with Crippen LogP contribution in [0.15, 0.2) is 34.0 Å². The molecule has 34 heavy (non-hydrogen) atoms.